The number of aromatic nitrogens is 6. The van der Waals surface area contributed by atoms with Crippen LogP contribution in [0.4, 0.5) is 11.9 Å². The number of benzene rings is 2. The van der Waals surface area contributed by atoms with Gasteiger partial charge in [-0.15, -0.1) is 0 Å². The van der Waals surface area contributed by atoms with Crippen LogP contribution >= 0.6 is 0 Å². The van der Waals surface area contributed by atoms with Gasteiger partial charge < -0.3 is 26.7 Å². The van der Waals surface area contributed by atoms with E-state index >= 15 is 0 Å². The molecule has 0 spiro atoms. The van der Waals surface area contributed by atoms with E-state index in [2.05, 4.69) is 45.9 Å². The van der Waals surface area contributed by atoms with Gasteiger partial charge in [-0.3, -0.25) is 9.59 Å². The molecule has 1 atom stereocenters. The van der Waals surface area contributed by atoms with Crippen molar-refractivity contribution in [3.05, 3.63) is 78.6 Å². The van der Waals surface area contributed by atoms with Gasteiger partial charge in [0.2, 0.25) is 17.8 Å². The molecule has 38 heavy (non-hydrogen) atoms. The minimum Gasteiger partial charge on any atom is -0.368 e. The summed E-state index contributed by atoms with van der Waals surface area (Å²) in [5.74, 6) is 0.140. The van der Waals surface area contributed by atoms with Crippen LogP contribution in [0.2, 0.25) is 0 Å². The van der Waals surface area contributed by atoms with Crippen LogP contribution < -0.4 is 21.7 Å². The van der Waals surface area contributed by atoms with Crippen LogP contribution in [0.25, 0.3) is 33.8 Å². The van der Waals surface area contributed by atoms with Gasteiger partial charge in [-0.2, -0.15) is 0 Å². The molecule has 0 saturated heterocycles. The molecule has 12 heteroatoms. The molecule has 0 radical (unpaired) electrons. The number of anilines is 2. The van der Waals surface area contributed by atoms with Crippen molar-refractivity contribution < 1.29 is 9.59 Å². The van der Waals surface area contributed by atoms with E-state index in [1.165, 1.54) is 0 Å². The van der Waals surface area contributed by atoms with Gasteiger partial charge in [-0.05, 0) is 30.3 Å². The molecule has 190 valence electrons. The molecule has 0 aliphatic carbocycles. The lowest BCUT2D eigenvalue weighted by Gasteiger charge is -2.16. The van der Waals surface area contributed by atoms with Gasteiger partial charge in [0, 0.05) is 37.1 Å². The molecular formula is C26H24N10O2. The van der Waals surface area contributed by atoms with Gasteiger partial charge in [-0.1, -0.05) is 30.3 Å². The summed E-state index contributed by atoms with van der Waals surface area (Å²) in [5, 5.41) is 8.54. The first-order valence-electron chi connectivity index (χ1n) is 11.7. The number of nitrogens with two attached hydrogens (primary N) is 1. The highest BCUT2D eigenvalue weighted by Gasteiger charge is 2.20. The predicted molar refractivity (Wildman–Crippen MR) is 143 cm³/mol. The third-order valence-electron chi connectivity index (χ3n) is 5.71. The summed E-state index contributed by atoms with van der Waals surface area (Å²) in [5.41, 5.74) is 9.43. The molecule has 0 fully saturated rings. The highest BCUT2D eigenvalue weighted by atomic mass is 16.2. The summed E-state index contributed by atoms with van der Waals surface area (Å²) < 4.78 is 0. The summed E-state index contributed by atoms with van der Waals surface area (Å²) in [6, 6.07) is 17.1. The molecule has 0 aliphatic heterocycles. The number of amides is 2. The third kappa shape index (κ3) is 5.38. The van der Waals surface area contributed by atoms with Crippen LogP contribution in [0.1, 0.15) is 10.4 Å². The monoisotopic (exact) mass is 508 g/mol. The first-order chi connectivity index (χ1) is 18.5. The number of hydrogen-bond acceptors (Lipinski definition) is 9. The van der Waals surface area contributed by atoms with Crippen LogP contribution in [-0.2, 0) is 4.79 Å². The molecule has 1 unspecified atom stereocenters. The second kappa shape index (κ2) is 10.7. The number of carbonyl (C=O) groups excluding carboxylic acids is 2. The Morgan fingerprint density at radius 2 is 1.66 bits per heavy atom. The Morgan fingerprint density at radius 3 is 2.42 bits per heavy atom. The normalized spacial score (nSPS) is 11.6. The third-order valence-corrected chi connectivity index (χ3v) is 5.71. The lowest BCUT2D eigenvalue weighted by Crippen LogP contribution is -2.48. The smallest absolute Gasteiger partial charge is 0.252 e. The van der Waals surface area contributed by atoms with Crippen LogP contribution in [0.15, 0.2) is 73.1 Å². The van der Waals surface area contributed by atoms with Crippen molar-refractivity contribution in [2.24, 2.45) is 5.73 Å². The maximum absolute atomic E-state index is 13.0. The second-order valence-electron chi connectivity index (χ2n) is 8.27. The Bertz CT molecular complexity index is 1600. The maximum atomic E-state index is 13.0. The molecule has 2 aromatic carbocycles. The molecule has 5 rings (SSSR count). The number of nitrogens with one attached hydrogen (secondary N) is 4. The summed E-state index contributed by atoms with van der Waals surface area (Å²) >= 11 is 0. The van der Waals surface area contributed by atoms with E-state index in [0.717, 1.165) is 16.8 Å². The van der Waals surface area contributed by atoms with Crippen molar-refractivity contribution in [2.45, 2.75) is 6.04 Å². The number of carbonyl (C=O) groups is 2. The Labute approximate surface area is 217 Å². The molecule has 3 heterocycles. The molecule has 3 aromatic heterocycles. The van der Waals surface area contributed by atoms with Gasteiger partial charge in [-0.25, -0.2) is 24.9 Å². The van der Waals surface area contributed by atoms with Crippen LogP contribution in [0.5, 0.6) is 0 Å². The number of aromatic amines is 1. The fourth-order valence-corrected chi connectivity index (χ4v) is 3.75. The van der Waals surface area contributed by atoms with Crippen LogP contribution in [0, 0.1) is 0 Å². The number of primary amides is 1. The molecule has 0 saturated carbocycles. The number of nitrogens with zero attached hydrogens (tertiary/aromatic N) is 5. The zero-order chi connectivity index (χ0) is 26.5. The Kier molecular flexibility index (Phi) is 6.85. The van der Waals surface area contributed by atoms with Crippen molar-refractivity contribution >= 4 is 34.7 Å². The molecule has 5 aromatic rings. The highest BCUT2D eigenvalue weighted by molar-refractivity contribution is 6.00. The number of rotatable bonds is 9. The SMILES string of the molecule is CNc1nccc(-c2nc3cc(C(=O)NC(CNc4nccc(-c5ccccc5)n4)C(N)=O)ccc3[nH]2)n1. The number of hydrogen-bond donors (Lipinski definition) is 5. The minimum atomic E-state index is -1.00. The molecule has 6 N–H and O–H groups in total. The molecule has 2 amide bonds. The molecular weight excluding hydrogens is 484 g/mol. The Balaban J connectivity index is 1.28. The second-order valence-corrected chi connectivity index (χ2v) is 8.27. The lowest BCUT2D eigenvalue weighted by molar-refractivity contribution is -0.119. The largest absolute Gasteiger partial charge is 0.368 e. The molecule has 12 nitrogen and oxygen atoms in total. The van der Waals surface area contributed by atoms with Gasteiger partial charge in [0.25, 0.3) is 5.91 Å². The van der Waals surface area contributed by atoms with Gasteiger partial charge in [0.05, 0.1) is 16.7 Å². The summed E-state index contributed by atoms with van der Waals surface area (Å²) in [4.78, 5) is 49.9. The van der Waals surface area contributed by atoms with E-state index < -0.39 is 17.9 Å². The first kappa shape index (κ1) is 24.3. The Morgan fingerprint density at radius 1 is 0.921 bits per heavy atom. The fraction of sp³-hybridized carbons (Fsp3) is 0.115. The van der Waals surface area contributed by atoms with Crippen molar-refractivity contribution in [2.75, 3.05) is 24.2 Å². The average Bonchev–Trinajstić information content (AvgIpc) is 3.39. The van der Waals surface area contributed by atoms with Crippen molar-refractivity contribution in [3.63, 3.8) is 0 Å². The van der Waals surface area contributed by atoms with Crippen molar-refractivity contribution in [1.29, 1.82) is 0 Å². The zero-order valence-electron chi connectivity index (χ0n) is 20.3. The summed E-state index contributed by atoms with van der Waals surface area (Å²) in [6.07, 6.45) is 3.24. The van der Waals surface area contributed by atoms with Crippen LogP contribution in [-0.4, -0.2) is 61.4 Å². The van der Waals surface area contributed by atoms with Crippen LogP contribution in [0.3, 0.4) is 0 Å². The number of fused-ring (bicyclic) bond motifs is 1. The quantitative estimate of drug-likeness (QED) is 0.200. The standard InChI is InChI=1S/C26H24N10O2/c1-28-25-29-12-10-19(36-25)23-32-18-8-7-16(13-20(18)33-23)24(38)34-21(22(27)37)14-31-26-30-11-9-17(35-26)15-5-3-2-4-6-15/h2-13,21H,14H2,1H3,(H2,27,37)(H,32,33)(H,34,38)(H,28,29,36)(H,30,31,35). The maximum Gasteiger partial charge on any atom is 0.252 e. The van der Waals surface area contributed by atoms with Gasteiger partial charge in [0.15, 0.2) is 5.82 Å². The summed E-state index contributed by atoms with van der Waals surface area (Å²) in [6.45, 7) is 0.00955. The van der Waals surface area contributed by atoms with E-state index in [9.17, 15) is 9.59 Å². The van der Waals surface area contributed by atoms with E-state index in [1.807, 2.05) is 30.3 Å². The van der Waals surface area contributed by atoms with E-state index in [1.54, 1.807) is 49.8 Å². The lowest BCUT2D eigenvalue weighted by atomic mass is 10.1. The topological polar surface area (TPSA) is 176 Å². The van der Waals surface area contributed by atoms with Gasteiger partial charge in [0.1, 0.15) is 11.7 Å². The number of H-pyrrole nitrogens is 1. The number of imidazole rings is 1. The first-order valence-corrected chi connectivity index (χ1v) is 11.7. The average molecular weight is 509 g/mol. The summed E-state index contributed by atoms with van der Waals surface area (Å²) in [7, 11) is 1.73. The van der Waals surface area contributed by atoms with E-state index in [0.29, 0.717) is 34.5 Å². The molecule has 0 aliphatic rings. The van der Waals surface area contributed by atoms with Gasteiger partial charge >= 0.3 is 0 Å². The highest BCUT2D eigenvalue weighted by Crippen LogP contribution is 2.21. The fourth-order valence-electron chi connectivity index (χ4n) is 3.75. The minimum absolute atomic E-state index is 0.00955. The van der Waals surface area contributed by atoms with Crippen molar-refractivity contribution in [3.8, 4) is 22.8 Å². The van der Waals surface area contributed by atoms with E-state index in [-0.39, 0.29) is 6.54 Å². The zero-order valence-corrected chi connectivity index (χ0v) is 20.3. The van der Waals surface area contributed by atoms with E-state index in [4.69, 9.17) is 5.73 Å². The molecule has 0 bridgehead atoms. The Hall–Kier alpha value is -5.39. The predicted octanol–water partition coefficient (Wildman–Crippen LogP) is 2.21. The van der Waals surface area contributed by atoms with Crippen molar-refractivity contribution in [1.82, 2.24) is 35.2 Å².